The predicted octanol–water partition coefficient (Wildman–Crippen LogP) is 4.90. The van der Waals surface area contributed by atoms with Crippen molar-refractivity contribution < 1.29 is 17.4 Å². The molecule has 0 aliphatic carbocycles. The topological polar surface area (TPSA) is 63.7 Å². The van der Waals surface area contributed by atoms with Gasteiger partial charge in [-0.2, -0.15) is 8.42 Å². The second kappa shape index (κ2) is 12.0. The van der Waals surface area contributed by atoms with E-state index >= 15 is 0 Å². The first-order valence-electron chi connectivity index (χ1n) is 10.1. The largest absolute Gasteiger partial charge is 0.382 e. The van der Waals surface area contributed by atoms with Gasteiger partial charge in [0.05, 0.1) is 5.75 Å². The second-order valence-corrected chi connectivity index (χ2v) is 9.07. The molecule has 0 fully saturated rings. The van der Waals surface area contributed by atoms with Crippen LogP contribution in [0.3, 0.4) is 0 Å². The minimum atomic E-state index is -3.52. The van der Waals surface area contributed by atoms with Crippen LogP contribution in [0.5, 0.6) is 5.75 Å². The van der Waals surface area contributed by atoms with Gasteiger partial charge < -0.3 is 9.08 Å². The molecule has 6 heteroatoms. The summed E-state index contributed by atoms with van der Waals surface area (Å²) in [5, 5.41) is 0. The molecule has 0 spiro atoms. The maximum Gasteiger partial charge on any atom is 0.308 e. The van der Waals surface area contributed by atoms with E-state index < -0.39 is 10.1 Å². The van der Waals surface area contributed by atoms with Crippen molar-refractivity contribution in [2.75, 3.05) is 5.75 Å². The highest BCUT2D eigenvalue weighted by atomic mass is 32.2. The molecule has 27 heavy (non-hydrogen) atoms. The summed E-state index contributed by atoms with van der Waals surface area (Å²) in [6.45, 7) is 8.30. The van der Waals surface area contributed by atoms with Crippen molar-refractivity contribution in [1.29, 1.82) is 0 Å². The molecule has 0 aliphatic rings. The Morgan fingerprint density at radius 1 is 1.00 bits per heavy atom. The molecule has 0 unspecified atom stereocenters. The van der Waals surface area contributed by atoms with E-state index in [1.807, 2.05) is 30.9 Å². The molecule has 0 bridgehead atoms. The number of nitrogens with zero attached hydrogens (tertiary/aromatic N) is 1. The number of hydrogen-bond donors (Lipinski definition) is 0. The van der Waals surface area contributed by atoms with E-state index in [1.165, 1.54) is 25.7 Å². The molecule has 5 nitrogen and oxygen atoms in total. The molecular formula is C21H35NO4S. The maximum atomic E-state index is 12.6. The van der Waals surface area contributed by atoms with Crippen LogP contribution in [0.1, 0.15) is 78.2 Å². The van der Waals surface area contributed by atoms with Crippen LogP contribution in [0.4, 0.5) is 0 Å². The summed E-state index contributed by atoms with van der Waals surface area (Å²) in [5.41, 5.74) is 0.959. The van der Waals surface area contributed by atoms with Crippen molar-refractivity contribution in [3.8, 4) is 5.75 Å². The summed E-state index contributed by atoms with van der Waals surface area (Å²) in [4.78, 5) is 14.5. The van der Waals surface area contributed by atoms with Crippen molar-refractivity contribution in [2.24, 2.45) is 0 Å². The third kappa shape index (κ3) is 9.27. The fourth-order valence-corrected chi connectivity index (χ4v) is 3.33. The minimum Gasteiger partial charge on any atom is -0.382 e. The lowest BCUT2D eigenvalue weighted by molar-refractivity contribution is -0.133. The molecule has 0 saturated carbocycles. The number of rotatable bonds is 13. The van der Waals surface area contributed by atoms with Gasteiger partial charge in [-0.15, -0.1) is 0 Å². The number of carbonyl (C=O) groups excluding carboxylic acids is 1. The molecule has 0 atom stereocenters. The third-order valence-electron chi connectivity index (χ3n) is 4.54. The van der Waals surface area contributed by atoms with Crippen molar-refractivity contribution >= 4 is 16.0 Å². The summed E-state index contributed by atoms with van der Waals surface area (Å²) in [7, 11) is -3.52. The minimum absolute atomic E-state index is 0.0666. The number of amides is 1. The average Bonchev–Trinajstić information content (AvgIpc) is 2.63. The van der Waals surface area contributed by atoms with Crippen molar-refractivity contribution in [2.45, 2.75) is 85.2 Å². The Bertz CT molecular complexity index is 653. The normalized spacial score (nSPS) is 11.6. The second-order valence-electron chi connectivity index (χ2n) is 7.21. The molecular weight excluding hydrogens is 362 g/mol. The average molecular weight is 398 g/mol. The molecule has 1 amide bonds. The van der Waals surface area contributed by atoms with Gasteiger partial charge in [-0.05, 0) is 44.9 Å². The first-order valence-corrected chi connectivity index (χ1v) is 11.7. The smallest absolute Gasteiger partial charge is 0.308 e. The van der Waals surface area contributed by atoms with Gasteiger partial charge in [0.15, 0.2) is 0 Å². The van der Waals surface area contributed by atoms with E-state index in [0.717, 1.165) is 18.4 Å². The highest BCUT2D eigenvalue weighted by molar-refractivity contribution is 7.87. The highest BCUT2D eigenvalue weighted by Crippen LogP contribution is 2.18. The van der Waals surface area contributed by atoms with E-state index in [1.54, 1.807) is 19.1 Å². The van der Waals surface area contributed by atoms with Crippen LogP contribution in [0.25, 0.3) is 0 Å². The molecule has 0 saturated heterocycles. The van der Waals surface area contributed by atoms with Gasteiger partial charge in [0.2, 0.25) is 5.91 Å². The lowest BCUT2D eigenvalue weighted by Crippen LogP contribution is -2.36. The molecule has 0 heterocycles. The number of hydrogen-bond acceptors (Lipinski definition) is 4. The zero-order chi connectivity index (χ0) is 20.3. The van der Waals surface area contributed by atoms with Crippen LogP contribution < -0.4 is 4.18 Å². The van der Waals surface area contributed by atoms with Gasteiger partial charge in [0, 0.05) is 19.0 Å². The zero-order valence-corrected chi connectivity index (χ0v) is 18.1. The Hall–Kier alpha value is -1.56. The summed E-state index contributed by atoms with van der Waals surface area (Å²) >= 11 is 0. The lowest BCUT2D eigenvalue weighted by atomic mass is 10.1. The molecule has 1 rings (SSSR count). The van der Waals surface area contributed by atoms with Crippen LogP contribution in [-0.4, -0.2) is 31.0 Å². The van der Waals surface area contributed by atoms with Crippen LogP contribution in [0, 0.1) is 0 Å². The van der Waals surface area contributed by atoms with Gasteiger partial charge in [0.1, 0.15) is 5.75 Å². The van der Waals surface area contributed by atoms with Crippen LogP contribution >= 0.6 is 0 Å². The van der Waals surface area contributed by atoms with E-state index in [2.05, 4.69) is 6.92 Å². The van der Waals surface area contributed by atoms with Gasteiger partial charge in [-0.25, -0.2) is 0 Å². The van der Waals surface area contributed by atoms with Gasteiger partial charge in [-0.1, -0.05) is 51.2 Å². The fourth-order valence-electron chi connectivity index (χ4n) is 2.81. The standard InChI is InChI=1S/C21H35NO4S/c1-5-7-8-9-10-11-12-21(23)22(18(3)4)17-19-13-15-20(16-14-19)26-27(24,25)6-2/h13-16,18H,5-12,17H2,1-4H3. The molecule has 1 aromatic rings. The number of unbranched alkanes of at least 4 members (excludes halogenated alkanes) is 5. The van der Waals surface area contributed by atoms with Gasteiger partial charge >= 0.3 is 10.1 Å². The highest BCUT2D eigenvalue weighted by Gasteiger charge is 2.17. The van der Waals surface area contributed by atoms with Crippen molar-refractivity contribution in [3.05, 3.63) is 29.8 Å². The monoisotopic (exact) mass is 397 g/mol. The van der Waals surface area contributed by atoms with E-state index in [9.17, 15) is 13.2 Å². The van der Waals surface area contributed by atoms with E-state index in [-0.39, 0.29) is 17.7 Å². The van der Waals surface area contributed by atoms with Crippen LogP contribution in [0.2, 0.25) is 0 Å². The molecule has 0 aromatic heterocycles. The predicted molar refractivity (Wildman–Crippen MR) is 110 cm³/mol. The first kappa shape index (κ1) is 23.5. The lowest BCUT2D eigenvalue weighted by Gasteiger charge is -2.27. The molecule has 154 valence electrons. The Morgan fingerprint density at radius 3 is 2.15 bits per heavy atom. The van der Waals surface area contributed by atoms with Crippen LogP contribution in [0.15, 0.2) is 24.3 Å². The summed E-state index contributed by atoms with van der Waals surface area (Å²) < 4.78 is 28.0. The quantitative estimate of drug-likeness (QED) is 0.351. The Labute approximate surface area is 165 Å². The summed E-state index contributed by atoms with van der Waals surface area (Å²) in [6.07, 6.45) is 7.58. The van der Waals surface area contributed by atoms with Gasteiger partial charge in [0.25, 0.3) is 0 Å². The molecule has 0 aliphatic heterocycles. The van der Waals surface area contributed by atoms with Gasteiger partial charge in [-0.3, -0.25) is 4.79 Å². The van der Waals surface area contributed by atoms with Crippen LogP contribution in [-0.2, 0) is 21.5 Å². The van der Waals surface area contributed by atoms with Crippen molar-refractivity contribution in [3.63, 3.8) is 0 Å². The Balaban J connectivity index is 2.57. The van der Waals surface area contributed by atoms with E-state index in [4.69, 9.17) is 4.18 Å². The molecule has 0 radical (unpaired) electrons. The summed E-state index contributed by atoms with van der Waals surface area (Å²) in [6, 6.07) is 7.02. The number of carbonyl (C=O) groups is 1. The SMILES string of the molecule is CCCCCCCCC(=O)N(Cc1ccc(OS(=O)(=O)CC)cc1)C(C)C. The molecule has 0 N–H and O–H groups in total. The Morgan fingerprint density at radius 2 is 1.59 bits per heavy atom. The first-order chi connectivity index (χ1) is 12.8. The fraction of sp³-hybridized carbons (Fsp3) is 0.667. The maximum absolute atomic E-state index is 12.6. The van der Waals surface area contributed by atoms with Crippen molar-refractivity contribution in [1.82, 2.24) is 4.90 Å². The van der Waals surface area contributed by atoms with E-state index in [0.29, 0.717) is 18.7 Å². The Kier molecular flexibility index (Phi) is 10.4. The molecule has 1 aromatic carbocycles. The summed E-state index contributed by atoms with van der Waals surface area (Å²) in [5.74, 6) is 0.410. The number of benzene rings is 1. The zero-order valence-electron chi connectivity index (χ0n) is 17.2. The third-order valence-corrected chi connectivity index (χ3v) is 5.69.